The number of aromatic nitrogens is 2. The monoisotopic (exact) mass is 277 g/mol. The predicted octanol–water partition coefficient (Wildman–Crippen LogP) is 3.52. The standard InChI is InChI=1S/C18H19N3/c1-2-19-18(12-16-8-5-6-10-20-16)15-11-14-7-3-4-9-17(14)21-13-15/h3-11,13,18-19H,2,12H2,1H3. The van der Waals surface area contributed by atoms with Crippen molar-refractivity contribution in [3.8, 4) is 0 Å². The van der Waals surface area contributed by atoms with Crippen molar-refractivity contribution in [1.29, 1.82) is 0 Å². The largest absolute Gasteiger partial charge is 0.310 e. The molecular formula is C18H19N3. The summed E-state index contributed by atoms with van der Waals surface area (Å²) in [6.45, 7) is 3.05. The third kappa shape index (κ3) is 3.26. The fraction of sp³-hybridized carbons (Fsp3) is 0.222. The van der Waals surface area contributed by atoms with Crippen molar-refractivity contribution in [2.24, 2.45) is 0 Å². The van der Waals surface area contributed by atoms with Crippen molar-refractivity contribution >= 4 is 10.9 Å². The SMILES string of the molecule is CCNC(Cc1ccccn1)c1cnc2ccccc2c1. The van der Waals surface area contributed by atoms with E-state index in [2.05, 4.69) is 46.5 Å². The van der Waals surface area contributed by atoms with E-state index in [4.69, 9.17) is 0 Å². The van der Waals surface area contributed by atoms with Crippen LogP contribution < -0.4 is 5.32 Å². The molecule has 2 aromatic heterocycles. The van der Waals surface area contributed by atoms with E-state index in [0.29, 0.717) is 0 Å². The van der Waals surface area contributed by atoms with Gasteiger partial charge in [0.2, 0.25) is 0 Å². The van der Waals surface area contributed by atoms with Crippen molar-refractivity contribution in [2.75, 3.05) is 6.54 Å². The second-order valence-corrected chi connectivity index (χ2v) is 5.10. The summed E-state index contributed by atoms with van der Waals surface area (Å²) >= 11 is 0. The van der Waals surface area contributed by atoms with Crippen LogP contribution in [0.1, 0.15) is 24.2 Å². The van der Waals surface area contributed by atoms with Gasteiger partial charge in [0.05, 0.1) is 5.52 Å². The fourth-order valence-corrected chi connectivity index (χ4v) is 2.56. The molecule has 3 rings (SSSR count). The zero-order valence-corrected chi connectivity index (χ0v) is 12.2. The summed E-state index contributed by atoms with van der Waals surface area (Å²) in [4.78, 5) is 8.99. The number of nitrogens with one attached hydrogen (secondary N) is 1. The molecule has 0 spiro atoms. The van der Waals surface area contributed by atoms with Crippen molar-refractivity contribution in [2.45, 2.75) is 19.4 Å². The molecule has 0 fully saturated rings. The minimum atomic E-state index is 0.238. The molecule has 0 aliphatic carbocycles. The van der Waals surface area contributed by atoms with Crippen molar-refractivity contribution < 1.29 is 0 Å². The summed E-state index contributed by atoms with van der Waals surface area (Å²) in [5.74, 6) is 0. The molecule has 0 amide bonds. The molecule has 0 saturated heterocycles. The van der Waals surface area contributed by atoms with Crippen LogP contribution >= 0.6 is 0 Å². The van der Waals surface area contributed by atoms with Crippen LogP contribution in [0.5, 0.6) is 0 Å². The topological polar surface area (TPSA) is 37.8 Å². The number of para-hydroxylation sites is 1. The Morgan fingerprint density at radius 2 is 1.90 bits per heavy atom. The summed E-state index contributed by atoms with van der Waals surface area (Å²) in [5.41, 5.74) is 3.34. The zero-order valence-electron chi connectivity index (χ0n) is 12.2. The van der Waals surface area contributed by atoms with Crippen LogP contribution in [0.3, 0.4) is 0 Å². The summed E-state index contributed by atoms with van der Waals surface area (Å²) in [7, 11) is 0. The van der Waals surface area contributed by atoms with Gasteiger partial charge in [0.1, 0.15) is 0 Å². The Balaban J connectivity index is 1.91. The first-order valence-electron chi connectivity index (χ1n) is 7.35. The molecule has 3 aromatic rings. The lowest BCUT2D eigenvalue weighted by atomic mass is 10.0. The van der Waals surface area contributed by atoms with E-state index >= 15 is 0 Å². The maximum atomic E-state index is 4.57. The van der Waals surface area contributed by atoms with Crippen LogP contribution in [0.25, 0.3) is 10.9 Å². The first-order chi connectivity index (χ1) is 10.4. The van der Waals surface area contributed by atoms with Gasteiger partial charge in [-0.05, 0) is 36.4 Å². The number of fused-ring (bicyclic) bond motifs is 1. The van der Waals surface area contributed by atoms with Gasteiger partial charge in [-0.3, -0.25) is 9.97 Å². The maximum Gasteiger partial charge on any atom is 0.0702 e. The lowest BCUT2D eigenvalue weighted by molar-refractivity contribution is 0.543. The summed E-state index contributed by atoms with van der Waals surface area (Å²) in [5, 5.41) is 4.71. The van der Waals surface area contributed by atoms with Crippen LogP contribution in [0.4, 0.5) is 0 Å². The van der Waals surface area contributed by atoms with Gasteiger partial charge >= 0.3 is 0 Å². The van der Waals surface area contributed by atoms with Gasteiger partial charge < -0.3 is 5.32 Å². The Labute approximate surface area is 125 Å². The molecule has 3 nitrogen and oxygen atoms in total. The minimum absolute atomic E-state index is 0.238. The highest BCUT2D eigenvalue weighted by Gasteiger charge is 2.12. The Morgan fingerprint density at radius 1 is 1.05 bits per heavy atom. The Bertz CT molecular complexity index is 710. The van der Waals surface area contributed by atoms with E-state index in [1.165, 1.54) is 10.9 Å². The molecule has 2 heterocycles. The smallest absolute Gasteiger partial charge is 0.0702 e. The molecule has 1 unspecified atom stereocenters. The maximum absolute atomic E-state index is 4.57. The van der Waals surface area contributed by atoms with E-state index in [-0.39, 0.29) is 6.04 Å². The number of hydrogen-bond donors (Lipinski definition) is 1. The highest BCUT2D eigenvalue weighted by molar-refractivity contribution is 5.78. The summed E-state index contributed by atoms with van der Waals surface area (Å²) < 4.78 is 0. The number of nitrogens with zero attached hydrogens (tertiary/aromatic N) is 2. The van der Waals surface area contributed by atoms with Gasteiger partial charge in [0.15, 0.2) is 0 Å². The van der Waals surface area contributed by atoms with Crippen molar-refractivity contribution in [1.82, 2.24) is 15.3 Å². The Hall–Kier alpha value is -2.26. The normalized spacial score (nSPS) is 12.4. The quantitative estimate of drug-likeness (QED) is 0.775. The second-order valence-electron chi connectivity index (χ2n) is 5.10. The van der Waals surface area contributed by atoms with E-state index < -0.39 is 0 Å². The van der Waals surface area contributed by atoms with Gasteiger partial charge in [-0.2, -0.15) is 0 Å². The average molecular weight is 277 g/mol. The first kappa shape index (κ1) is 13.7. The highest BCUT2D eigenvalue weighted by Crippen LogP contribution is 2.21. The molecule has 1 N–H and O–H groups in total. The molecule has 3 heteroatoms. The van der Waals surface area contributed by atoms with Crippen molar-refractivity contribution in [3.05, 3.63) is 72.2 Å². The molecule has 106 valence electrons. The van der Waals surface area contributed by atoms with Crippen LogP contribution in [-0.2, 0) is 6.42 Å². The molecule has 0 aliphatic heterocycles. The van der Waals surface area contributed by atoms with E-state index in [9.17, 15) is 0 Å². The van der Waals surface area contributed by atoms with E-state index in [0.717, 1.165) is 24.2 Å². The molecule has 0 radical (unpaired) electrons. The van der Waals surface area contributed by atoms with E-state index in [1.54, 1.807) is 0 Å². The molecule has 1 aromatic carbocycles. The number of hydrogen-bond acceptors (Lipinski definition) is 3. The Kier molecular flexibility index (Phi) is 4.22. The summed E-state index contributed by atoms with van der Waals surface area (Å²) in [6, 6.07) is 16.7. The van der Waals surface area contributed by atoms with Gasteiger partial charge in [0.25, 0.3) is 0 Å². The van der Waals surface area contributed by atoms with Crippen LogP contribution in [0.15, 0.2) is 60.9 Å². The van der Waals surface area contributed by atoms with E-state index in [1.807, 2.05) is 36.7 Å². The predicted molar refractivity (Wildman–Crippen MR) is 86.1 cm³/mol. The number of likely N-dealkylation sites (N-methyl/N-ethyl adjacent to an activating group) is 1. The highest BCUT2D eigenvalue weighted by atomic mass is 14.9. The molecule has 0 aliphatic rings. The van der Waals surface area contributed by atoms with Gasteiger partial charge in [-0.25, -0.2) is 0 Å². The zero-order chi connectivity index (χ0) is 14.5. The van der Waals surface area contributed by atoms with Gasteiger partial charge in [-0.15, -0.1) is 0 Å². The molecular weight excluding hydrogens is 258 g/mol. The number of benzene rings is 1. The second kappa shape index (κ2) is 6.46. The first-order valence-corrected chi connectivity index (χ1v) is 7.35. The van der Waals surface area contributed by atoms with Gasteiger partial charge in [-0.1, -0.05) is 31.2 Å². The fourth-order valence-electron chi connectivity index (χ4n) is 2.56. The third-order valence-electron chi connectivity index (χ3n) is 3.60. The Morgan fingerprint density at radius 3 is 2.71 bits per heavy atom. The third-order valence-corrected chi connectivity index (χ3v) is 3.60. The summed E-state index contributed by atoms with van der Waals surface area (Å²) in [6.07, 6.45) is 4.68. The lowest BCUT2D eigenvalue weighted by Crippen LogP contribution is -2.23. The number of pyridine rings is 2. The minimum Gasteiger partial charge on any atom is -0.310 e. The average Bonchev–Trinajstić information content (AvgIpc) is 2.55. The molecule has 0 saturated carbocycles. The lowest BCUT2D eigenvalue weighted by Gasteiger charge is -2.18. The molecule has 1 atom stereocenters. The van der Waals surface area contributed by atoms with Gasteiger partial charge in [0, 0.05) is 35.9 Å². The van der Waals surface area contributed by atoms with Crippen LogP contribution in [0.2, 0.25) is 0 Å². The van der Waals surface area contributed by atoms with Crippen LogP contribution in [0, 0.1) is 0 Å². The number of rotatable bonds is 5. The molecule has 0 bridgehead atoms. The molecule has 21 heavy (non-hydrogen) atoms. The van der Waals surface area contributed by atoms with Crippen molar-refractivity contribution in [3.63, 3.8) is 0 Å². The van der Waals surface area contributed by atoms with Crippen LogP contribution in [-0.4, -0.2) is 16.5 Å².